The van der Waals surface area contributed by atoms with Gasteiger partial charge >= 0.3 is 0 Å². The van der Waals surface area contributed by atoms with Crippen LogP contribution >= 0.6 is 23.2 Å². The van der Waals surface area contributed by atoms with Crippen molar-refractivity contribution in [1.29, 1.82) is 0 Å². The molecule has 0 aliphatic heterocycles. The van der Waals surface area contributed by atoms with Crippen molar-refractivity contribution in [3.63, 3.8) is 0 Å². The molecule has 1 aliphatic rings. The van der Waals surface area contributed by atoms with E-state index in [2.05, 4.69) is 5.32 Å². The van der Waals surface area contributed by atoms with Crippen LogP contribution in [0.1, 0.15) is 56.6 Å². The maximum Gasteiger partial charge on any atom is 0.264 e. The second-order valence-corrected chi connectivity index (χ2v) is 13.7. The van der Waals surface area contributed by atoms with Crippen molar-refractivity contribution < 1.29 is 22.7 Å². The van der Waals surface area contributed by atoms with Crippen LogP contribution < -0.4 is 14.4 Å². The minimum absolute atomic E-state index is 0.00216. The molecule has 0 aromatic heterocycles. The van der Waals surface area contributed by atoms with Crippen LogP contribution in [0, 0.1) is 6.92 Å². The molecule has 11 heteroatoms. The first-order valence-corrected chi connectivity index (χ1v) is 17.0. The topological polar surface area (TPSA) is 96.0 Å². The summed E-state index contributed by atoms with van der Waals surface area (Å²) in [5.41, 5.74) is 1.62. The van der Waals surface area contributed by atoms with E-state index in [-0.39, 0.29) is 39.8 Å². The van der Waals surface area contributed by atoms with Gasteiger partial charge in [0.1, 0.15) is 18.3 Å². The first-order chi connectivity index (χ1) is 21.0. The van der Waals surface area contributed by atoms with Crippen molar-refractivity contribution in [1.82, 2.24) is 10.2 Å². The number of rotatable bonds is 12. The number of benzene rings is 3. The highest BCUT2D eigenvalue weighted by molar-refractivity contribution is 7.92. The molecule has 0 saturated heterocycles. The van der Waals surface area contributed by atoms with Crippen LogP contribution in [0.4, 0.5) is 5.69 Å². The highest BCUT2D eigenvalue weighted by atomic mass is 35.5. The van der Waals surface area contributed by atoms with E-state index in [4.69, 9.17) is 27.9 Å². The average molecular weight is 661 g/mol. The molecule has 0 unspecified atom stereocenters. The molecule has 4 rings (SSSR count). The summed E-state index contributed by atoms with van der Waals surface area (Å²) >= 11 is 12.8. The number of nitrogens with zero attached hydrogens (tertiary/aromatic N) is 2. The first kappa shape index (κ1) is 33.6. The summed E-state index contributed by atoms with van der Waals surface area (Å²) < 4.78 is 34.9. The Hall–Kier alpha value is -3.27. The van der Waals surface area contributed by atoms with Crippen molar-refractivity contribution in [2.24, 2.45) is 0 Å². The van der Waals surface area contributed by atoms with Gasteiger partial charge < -0.3 is 15.0 Å². The lowest BCUT2D eigenvalue weighted by Crippen LogP contribution is -2.54. The number of carbonyl (C=O) groups is 2. The van der Waals surface area contributed by atoms with Gasteiger partial charge in [-0.2, -0.15) is 0 Å². The Morgan fingerprint density at radius 2 is 1.68 bits per heavy atom. The van der Waals surface area contributed by atoms with Crippen molar-refractivity contribution in [3.8, 4) is 5.75 Å². The van der Waals surface area contributed by atoms with Crippen molar-refractivity contribution >= 4 is 50.7 Å². The Morgan fingerprint density at radius 1 is 1.00 bits per heavy atom. The Morgan fingerprint density at radius 3 is 2.32 bits per heavy atom. The zero-order valence-electron chi connectivity index (χ0n) is 25.3. The molecule has 0 spiro atoms. The zero-order valence-corrected chi connectivity index (χ0v) is 27.6. The Bertz CT molecular complexity index is 1560. The molecular formula is C33H39Cl2N3O5S. The molecule has 1 aliphatic carbocycles. The van der Waals surface area contributed by atoms with Gasteiger partial charge in [0.25, 0.3) is 10.0 Å². The smallest absolute Gasteiger partial charge is 0.264 e. The van der Waals surface area contributed by atoms with E-state index in [1.54, 1.807) is 48.5 Å². The molecule has 236 valence electrons. The highest BCUT2D eigenvalue weighted by Crippen LogP contribution is 2.35. The summed E-state index contributed by atoms with van der Waals surface area (Å²) in [5, 5.41) is 3.85. The van der Waals surface area contributed by atoms with Crippen LogP contribution in [-0.4, -0.2) is 50.9 Å². The molecule has 1 fully saturated rings. The SMILES string of the molecule is CC[C@H](C(=O)NC1CCCCC1)N(Cc1ccccc1Cl)C(=O)CN(c1cc(Cl)ccc1OC)S(=O)(=O)c1ccc(C)cc1. The van der Waals surface area contributed by atoms with Crippen LogP contribution in [-0.2, 0) is 26.2 Å². The van der Waals surface area contributed by atoms with E-state index in [1.807, 2.05) is 13.8 Å². The van der Waals surface area contributed by atoms with Gasteiger partial charge in [-0.15, -0.1) is 0 Å². The number of hydrogen-bond acceptors (Lipinski definition) is 5. The van der Waals surface area contributed by atoms with E-state index in [0.717, 1.165) is 42.0 Å². The summed E-state index contributed by atoms with van der Waals surface area (Å²) in [6, 6.07) is 17.2. The van der Waals surface area contributed by atoms with Gasteiger partial charge in [0.15, 0.2) is 0 Å². The van der Waals surface area contributed by atoms with Gasteiger partial charge in [-0.25, -0.2) is 8.42 Å². The highest BCUT2D eigenvalue weighted by Gasteiger charge is 2.35. The predicted molar refractivity (Wildman–Crippen MR) is 175 cm³/mol. The summed E-state index contributed by atoms with van der Waals surface area (Å²) in [6.45, 7) is 3.09. The molecule has 8 nitrogen and oxygen atoms in total. The first-order valence-electron chi connectivity index (χ1n) is 14.8. The molecule has 0 heterocycles. The molecule has 0 radical (unpaired) electrons. The fraction of sp³-hybridized carbons (Fsp3) is 0.394. The molecule has 1 atom stereocenters. The second-order valence-electron chi connectivity index (χ2n) is 11.0. The Labute approximate surface area is 270 Å². The van der Waals surface area contributed by atoms with Crippen LogP contribution in [0.3, 0.4) is 0 Å². The number of sulfonamides is 1. The van der Waals surface area contributed by atoms with Gasteiger partial charge in [0.2, 0.25) is 11.8 Å². The molecule has 1 N–H and O–H groups in total. The van der Waals surface area contributed by atoms with Gasteiger partial charge in [-0.3, -0.25) is 13.9 Å². The fourth-order valence-electron chi connectivity index (χ4n) is 5.48. The van der Waals surface area contributed by atoms with Crippen molar-refractivity contribution in [3.05, 3.63) is 87.9 Å². The van der Waals surface area contributed by atoms with Crippen LogP contribution in [0.25, 0.3) is 0 Å². The number of nitrogens with one attached hydrogen (secondary N) is 1. The van der Waals surface area contributed by atoms with Crippen molar-refractivity contribution in [2.75, 3.05) is 18.0 Å². The summed E-state index contributed by atoms with van der Waals surface area (Å²) in [7, 11) is -2.87. The molecule has 2 amide bonds. The van der Waals surface area contributed by atoms with E-state index >= 15 is 0 Å². The second kappa shape index (κ2) is 15.1. The number of ether oxygens (including phenoxy) is 1. The molecule has 1 saturated carbocycles. The largest absolute Gasteiger partial charge is 0.495 e. The monoisotopic (exact) mass is 659 g/mol. The van der Waals surface area contributed by atoms with E-state index in [1.165, 1.54) is 30.2 Å². The summed E-state index contributed by atoms with van der Waals surface area (Å²) in [5.74, 6) is -0.626. The zero-order chi connectivity index (χ0) is 31.9. The number of hydrogen-bond donors (Lipinski definition) is 1. The lowest BCUT2D eigenvalue weighted by Gasteiger charge is -2.35. The van der Waals surface area contributed by atoms with Crippen LogP contribution in [0.15, 0.2) is 71.6 Å². The van der Waals surface area contributed by atoms with Gasteiger partial charge in [0.05, 0.1) is 17.7 Å². The third-order valence-electron chi connectivity index (χ3n) is 7.93. The lowest BCUT2D eigenvalue weighted by atomic mass is 9.95. The maximum atomic E-state index is 14.4. The number of aryl methyl sites for hydroxylation is 1. The van der Waals surface area contributed by atoms with E-state index in [0.29, 0.717) is 17.0 Å². The normalized spacial score (nSPS) is 14.5. The van der Waals surface area contributed by atoms with Crippen molar-refractivity contribution in [2.45, 2.75) is 75.9 Å². The van der Waals surface area contributed by atoms with E-state index < -0.39 is 28.5 Å². The third kappa shape index (κ3) is 8.06. The minimum atomic E-state index is -4.28. The quantitative estimate of drug-likeness (QED) is 0.232. The standard InChI is InChI=1S/C33H39Cl2N3O5S/c1-4-29(33(40)36-26-11-6-5-7-12-26)37(21-24-10-8-9-13-28(24)35)32(39)22-38(30-20-25(34)16-19-31(30)43-3)44(41,42)27-17-14-23(2)15-18-27/h8-10,13-20,26,29H,4-7,11-12,21-22H2,1-3H3,(H,36,40)/t29-/m1/s1. The molecule has 0 bridgehead atoms. The number of amides is 2. The number of methoxy groups -OCH3 is 1. The average Bonchev–Trinajstić information content (AvgIpc) is 3.01. The third-order valence-corrected chi connectivity index (χ3v) is 10.3. The Balaban J connectivity index is 1.77. The molecule has 3 aromatic rings. The number of carbonyl (C=O) groups excluding carboxylic acids is 2. The number of anilines is 1. The Kier molecular flexibility index (Phi) is 11.6. The summed E-state index contributed by atoms with van der Waals surface area (Å²) in [6.07, 6.45) is 5.31. The number of halogens is 2. The maximum absolute atomic E-state index is 14.4. The lowest BCUT2D eigenvalue weighted by molar-refractivity contribution is -0.140. The van der Waals surface area contributed by atoms with Crippen LogP contribution in [0.5, 0.6) is 5.75 Å². The van der Waals surface area contributed by atoms with Gasteiger partial charge in [-0.05, 0) is 68.1 Å². The minimum Gasteiger partial charge on any atom is -0.495 e. The van der Waals surface area contributed by atoms with Gasteiger partial charge in [0, 0.05) is 22.6 Å². The van der Waals surface area contributed by atoms with E-state index in [9.17, 15) is 18.0 Å². The van der Waals surface area contributed by atoms with Crippen LogP contribution in [0.2, 0.25) is 10.0 Å². The molecule has 44 heavy (non-hydrogen) atoms. The fourth-order valence-corrected chi connectivity index (χ4v) is 7.26. The summed E-state index contributed by atoms with van der Waals surface area (Å²) in [4.78, 5) is 29.5. The van der Waals surface area contributed by atoms with Gasteiger partial charge in [-0.1, -0.05) is 85.3 Å². The predicted octanol–water partition coefficient (Wildman–Crippen LogP) is 6.76. The molecule has 3 aromatic carbocycles. The molecular weight excluding hydrogens is 621 g/mol.